The lowest BCUT2D eigenvalue weighted by Crippen LogP contribution is -2.30. The number of carbonyl (C=O) groups is 2. The number of anilines is 1. The Hall–Kier alpha value is -3.06. The number of aromatic nitrogens is 1. The number of ether oxygens (including phenoxy) is 1. The number of nitrogens with zero attached hydrogens (tertiary/aromatic N) is 1. The first-order valence-corrected chi connectivity index (χ1v) is 9.52. The summed E-state index contributed by atoms with van der Waals surface area (Å²) in [6.45, 7) is 5.07. The minimum absolute atomic E-state index is 0.140. The lowest BCUT2D eigenvalue weighted by molar-refractivity contribution is -0.123. The van der Waals surface area contributed by atoms with Crippen LogP contribution in [-0.4, -0.2) is 23.0 Å². The number of rotatable bonds is 5. The van der Waals surface area contributed by atoms with Crippen molar-refractivity contribution in [2.24, 2.45) is 0 Å². The maximum Gasteiger partial charge on any atom is 0.358 e. The highest BCUT2D eigenvalue weighted by atomic mass is 32.1. The molecule has 28 heavy (non-hydrogen) atoms. The Morgan fingerprint density at radius 3 is 2.54 bits per heavy atom. The van der Waals surface area contributed by atoms with Gasteiger partial charge >= 0.3 is 5.97 Å². The van der Waals surface area contributed by atoms with E-state index in [1.165, 1.54) is 24.3 Å². The van der Waals surface area contributed by atoms with E-state index in [9.17, 15) is 14.0 Å². The van der Waals surface area contributed by atoms with Crippen LogP contribution in [0.2, 0.25) is 0 Å². The smallest absolute Gasteiger partial charge is 0.358 e. The maximum atomic E-state index is 13.6. The number of nitrogens with one attached hydrogen (secondary N) is 1. The number of halogens is 1. The van der Waals surface area contributed by atoms with E-state index in [0.29, 0.717) is 16.3 Å². The van der Waals surface area contributed by atoms with Crippen LogP contribution in [0.4, 0.5) is 10.1 Å². The number of esters is 1. The minimum Gasteiger partial charge on any atom is -0.448 e. The summed E-state index contributed by atoms with van der Waals surface area (Å²) in [6, 6.07) is 12.2. The van der Waals surface area contributed by atoms with Crippen LogP contribution in [0.3, 0.4) is 0 Å². The molecular formula is C21H19FN2O3S. The number of benzene rings is 2. The van der Waals surface area contributed by atoms with Crippen molar-refractivity contribution in [1.82, 2.24) is 4.98 Å². The number of aryl methyl sites for hydroxylation is 2. The van der Waals surface area contributed by atoms with Crippen LogP contribution < -0.4 is 5.32 Å². The Labute approximate surface area is 166 Å². The van der Waals surface area contributed by atoms with Crippen LogP contribution in [0.25, 0.3) is 10.6 Å². The van der Waals surface area contributed by atoms with Gasteiger partial charge in [0.15, 0.2) is 11.8 Å². The van der Waals surface area contributed by atoms with Crippen LogP contribution in [0.5, 0.6) is 0 Å². The van der Waals surface area contributed by atoms with Gasteiger partial charge in [-0.15, -0.1) is 11.3 Å². The zero-order valence-electron chi connectivity index (χ0n) is 15.7. The molecule has 0 aliphatic heterocycles. The third-order valence-corrected chi connectivity index (χ3v) is 5.00. The highest BCUT2D eigenvalue weighted by Crippen LogP contribution is 2.24. The quantitative estimate of drug-likeness (QED) is 0.630. The van der Waals surface area contributed by atoms with Crippen molar-refractivity contribution in [3.63, 3.8) is 0 Å². The zero-order valence-corrected chi connectivity index (χ0v) is 16.5. The molecule has 1 amide bonds. The molecule has 0 saturated heterocycles. The Morgan fingerprint density at radius 1 is 1.14 bits per heavy atom. The number of hydrogen-bond donors (Lipinski definition) is 1. The number of hydrogen-bond acceptors (Lipinski definition) is 5. The molecule has 0 bridgehead atoms. The van der Waals surface area contributed by atoms with E-state index in [4.69, 9.17) is 4.74 Å². The molecule has 0 saturated carbocycles. The highest BCUT2D eigenvalue weighted by Gasteiger charge is 2.21. The van der Waals surface area contributed by atoms with Gasteiger partial charge in [0.05, 0.1) is 0 Å². The summed E-state index contributed by atoms with van der Waals surface area (Å²) in [7, 11) is 0. The monoisotopic (exact) mass is 398 g/mol. The molecule has 1 heterocycles. The highest BCUT2D eigenvalue weighted by molar-refractivity contribution is 7.13. The second kappa shape index (κ2) is 8.31. The van der Waals surface area contributed by atoms with Crippen molar-refractivity contribution in [2.75, 3.05) is 5.32 Å². The van der Waals surface area contributed by atoms with Crippen LogP contribution in [0, 0.1) is 19.7 Å². The van der Waals surface area contributed by atoms with E-state index in [-0.39, 0.29) is 5.69 Å². The summed E-state index contributed by atoms with van der Waals surface area (Å²) in [5, 5.41) is 4.82. The van der Waals surface area contributed by atoms with Crippen LogP contribution >= 0.6 is 11.3 Å². The Kier molecular flexibility index (Phi) is 5.84. The van der Waals surface area contributed by atoms with Gasteiger partial charge in [0, 0.05) is 16.6 Å². The van der Waals surface area contributed by atoms with Gasteiger partial charge in [-0.1, -0.05) is 35.9 Å². The van der Waals surface area contributed by atoms with Crippen molar-refractivity contribution >= 4 is 28.9 Å². The molecule has 0 radical (unpaired) electrons. The van der Waals surface area contributed by atoms with Gasteiger partial charge in [-0.25, -0.2) is 14.2 Å². The molecule has 2 aromatic carbocycles. The molecule has 1 aromatic heterocycles. The molecule has 0 aliphatic carbocycles. The Balaban J connectivity index is 1.62. The molecule has 1 N–H and O–H groups in total. The van der Waals surface area contributed by atoms with Gasteiger partial charge < -0.3 is 10.1 Å². The largest absolute Gasteiger partial charge is 0.448 e. The van der Waals surface area contributed by atoms with E-state index in [1.54, 1.807) is 24.4 Å². The molecule has 0 aliphatic rings. The SMILES string of the molecule is Cc1ccc(-c2nc(C(=O)OC(C)C(=O)Nc3ccc(C)c(F)c3)cs2)cc1. The van der Waals surface area contributed by atoms with Gasteiger partial charge in [0.2, 0.25) is 0 Å². The summed E-state index contributed by atoms with van der Waals surface area (Å²) in [6.07, 6.45) is -1.05. The summed E-state index contributed by atoms with van der Waals surface area (Å²) in [4.78, 5) is 28.8. The number of amides is 1. The zero-order chi connectivity index (χ0) is 20.3. The molecular weight excluding hydrogens is 379 g/mol. The summed E-state index contributed by atoms with van der Waals surface area (Å²) in [5.74, 6) is -1.66. The van der Waals surface area contributed by atoms with Gasteiger partial charge in [-0.2, -0.15) is 0 Å². The lowest BCUT2D eigenvalue weighted by Gasteiger charge is -2.13. The average Bonchev–Trinajstić information content (AvgIpc) is 3.15. The van der Waals surface area contributed by atoms with Crippen molar-refractivity contribution in [2.45, 2.75) is 26.9 Å². The standard InChI is InChI=1S/C21H19FN2O3S/c1-12-4-7-15(8-5-12)20-24-18(11-28-20)21(26)27-14(3)19(25)23-16-9-6-13(2)17(22)10-16/h4-11,14H,1-3H3,(H,23,25). The molecule has 3 rings (SSSR count). The predicted octanol–water partition coefficient (Wildman–Crippen LogP) is 4.75. The van der Waals surface area contributed by atoms with E-state index in [0.717, 1.165) is 11.1 Å². The van der Waals surface area contributed by atoms with Crippen LogP contribution in [0.1, 0.15) is 28.5 Å². The molecule has 144 valence electrons. The fourth-order valence-corrected chi connectivity index (χ4v) is 3.18. The van der Waals surface area contributed by atoms with Crippen molar-refractivity contribution in [3.05, 3.63) is 70.5 Å². The van der Waals surface area contributed by atoms with Crippen LogP contribution in [-0.2, 0) is 9.53 Å². The Bertz CT molecular complexity index is 1010. The van der Waals surface area contributed by atoms with Gasteiger partial charge in [0.25, 0.3) is 5.91 Å². The number of thiazole rings is 1. The fraction of sp³-hybridized carbons (Fsp3) is 0.190. The topological polar surface area (TPSA) is 68.3 Å². The van der Waals surface area contributed by atoms with Crippen molar-refractivity contribution < 1.29 is 18.7 Å². The molecule has 1 unspecified atom stereocenters. The van der Waals surface area contributed by atoms with E-state index in [2.05, 4.69) is 10.3 Å². The third kappa shape index (κ3) is 4.61. The number of carbonyl (C=O) groups excluding carboxylic acids is 2. The van der Waals surface area contributed by atoms with E-state index >= 15 is 0 Å². The van der Waals surface area contributed by atoms with Crippen molar-refractivity contribution in [1.29, 1.82) is 0 Å². The van der Waals surface area contributed by atoms with Gasteiger partial charge in [-0.3, -0.25) is 4.79 Å². The fourth-order valence-electron chi connectivity index (χ4n) is 2.39. The lowest BCUT2D eigenvalue weighted by atomic mass is 10.2. The third-order valence-electron chi connectivity index (χ3n) is 4.10. The normalized spacial score (nSPS) is 11.7. The summed E-state index contributed by atoms with van der Waals surface area (Å²) < 4.78 is 18.8. The predicted molar refractivity (Wildman–Crippen MR) is 107 cm³/mol. The average molecular weight is 398 g/mol. The Morgan fingerprint density at radius 2 is 1.86 bits per heavy atom. The summed E-state index contributed by atoms with van der Waals surface area (Å²) >= 11 is 1.32. The first-order chi connectivity index (χ1) is 13.3. The molecule has 0 fully saturated rings. The van der Waals surface area contributed by atoms with E-state index < -0.39 is 23.8 Å². The summed E-state index contributed by atoms with van der Waals surface area (Å²) in [5.41, 5.74) is 2.95. The van der Waals surface area contributed by atoms with Crippen molar-refractivity contribution in [3.8, 4) is 10.6 Å². The molecule has 1 atom stereocenters. The van der Waals surface area contributed by atoms with Crippen LogP contribution in [0.15, 0.2) is 47.8 Å². The second-order valence-corrected chi connectivity index (χ2v) is 7.26. The minimum atomic E-state index is -1.05. The second-order valence-electron chi connectivity index (χ2n) is 6.40. The molecule has 0 spiro atoms. The molecule has 5 nitrogen and oxygen atoms in total. The van der Waals surface area contributed by atoms with E-state index in [1.807, 2.05) is 31.2 Å². The molecule has 7 heteroatoms. The van der Waals surface area contributed by atoms with Gasteiger partial charge in [-0.05, 0) is 38.5 Å². The molecule has 3 aromatic rings. The van der Waals surface area contributed by atoms with Gasteiger partial charge in [0.1, 0.15) is 10.8 Å². The first-order valence-electron chi connectivity index (χ1n) is 8.64. The first kappa shape index (κ1) is 19.7. The maximum absolute atomic E-state index is 13.6.